The third-order valence-corrected chi connectivity index (χ3v) is 2.83. The monoisotopic (exact) mass is 226 g/mol. The Balaban J connectivity index is 3.00. The molecule has 0 aliphatic rings. The fraction of sp³-hybridized carbons (Fsp3) is 0.417. The van der Waals surface area contributed by atoms with E-state index >= 15 is 0 Å². The summed E-state index contributed by atoms with van der Waals surface area (Å²) < 4.78 is 4.76. The van der Waals surface area contributed by atoms with Gasteiger partial charge in [-0.15, -0.1) is 11.6 Å². The van der Waals surface area contributed by atoms with Crippen molar-refractivity contribution >= 4 is 17.6 Å². The highest BCUT2D eigenvalue weighted by molar-refractivity contribution is 6.17. The molecule has 1 rings (SSSR count). The van der Waals surface area contributed by atoms with Crippen LogP contribution in [0.15, 0.2) is 24.3 Å². The summed E-state index contributed by atoms with van der Waals surface area (Å²) in [6.07, 6.45) is 0. The van der Waals surface area contributed by atoms with E-state index in [9.17, 15) is 4.79 Å². The van der Waals surface area contributed by atoms with E-state index in [4.69, 9.17) is 16.3 Å². The number of esters is 1. The number of halogens is 1. The molecule has 0 unspecified atom stereocenters. The quantitative estimate of drug-likeness (QED) is 0.585. The molecule has 82 valence electrons. The maximum atomic E-state index is 11.5. The van der Waals surface area contributed by atoms with Crippen molar-refractivity contribution in [3.63, 3.8) is 0 Å². The number of carbonyl (C=O) groups is 1. The molecule has 0 aliphatic carbocycles. The van der Waals surface area contributed by atoms with E-state index in [2.05, 4.69) is 0 Å². The molecule has 3 heteroatoms. The average molecular weight is 227 g/mol. The number of rotatable bonds is 3. The van der Waals surface area contributed by atoms with Crippen LogP contribution in [0.5, 0.6) is 0 Å². The van der Waals surface area contributed by atoms with Crippen LogP contribution in [0.2, 0.25) is 0 Å². The van der Waals surface area contributed by atoms with Crippen LogP contribution >= 0.6 is 11.6 Å². The highest BCUT2D eigenvalue weighted by Crippen LogP contribution is 2.25. The van der Waals surface area contributed by atoms with Gasteiger partial charge in [0.25, 0.3) is 0 Å². The van der Waals surface area contributed by atoms with Crippen molar-refractivity contribution in [1.29, 1.82) is 0 Å². The molecule has 0 fully saturated rings. The highest BCUT2D eigenvalue weighted by Gasteiger charge is 2.30. The van der Waals surface area contributed by atoms with Crippen molar-refractivity contribution in [3.05, 3.63) is 35.4 Å². The smallest absolute Gasteiger partial charge is 0.315 e. The van der Waals surface area contributed by atoms with Gasteiger partial charge in [-0.1, -0.05) is 24.3 Å². The number of methoxy groups -OCH3 is 1. The minimum atomic E-state index is -0.612. The lowest BCUT2D eigenvalue weighted by atomic mass is 9.84. The van der Waals surface area contributed by atoms with E-state index in [0.29, 0.717) is 5.88 Å². The van der Waals surface area contributed by atoms with Gasteiger partial charge in [-0.05, 0) is 25.0 Å². The number of ether oxygens (including phenoxy) is 1. The van der Waals surface area contributed by atoms with Crippen LogP contribution in [0.25, 0.3) is 0 Å². The van der Waals surface area contributed by atoms with Crippen molar-refractivity contribution in [2.24, 2.45) is 0 Å². The van der Waals surface area contributed by atoms with Crippen molar-refractivity contribution in [2.75, 3.05) is 7.11 Å². The molecule has 0 amide bonds. The van der Waals surface area contributed by atoms with Crippen LogP contribution in [-0.2, 0) is 20.8 Å². The maximum absolute atomic E-state index is 11.5. The third kappa shape index (κ3) is 2.51. The molecule has 0 aliphatic heterocycles. The van der Waals surface area contributed by atoms with Gasteiger partial charge in [-0.2, -0.15) is 0 Å². The van der Waals surface area contributed by atoms with Crippen LogP contribution in [0.3, 0.4) is 0 Å². The van der Waals surface area contributed by atoms with Gasteiger partial charge in [-0.25, -0.2) is 0 Å². The summed E-state index contributed by atoms with van der Waals surface area (Å²) in [5, 5.41) is 0. The van der Waals surface area contributed by atoms with E-state index in [1.807, 2.05) is 38.1 Å². The molecule has 0 spiro atoms. The number of benzene rings is 1. The summed E-state index contributed by atoms with van der Waals surface area (Å²) in [4.78, 5) is 11.5. The standard InChI is InChI=1S/C12H15ClO2/c1-12(2,11(14)15-3)10-6-4-9(8-13)5-7-10/h4-7H,8H2,1-3H3. The molecule has 0 saturated heterocycles. The second kappa shape index (κ2) is 4.67. The Bertz CT molecular complexity index is 341. The second-order valence-electron chi connectivity index (χ2n) is 3.95. The third-order valence-electron chi connectivity index (χ3n) is 2.53. The largest absolute Gasteiger partial charge is 0.468 e. The molecular formula is C12H15ClO2. The van der Waals surface area contributed by atoms with Gasteiger partial charge >= 0.3 is 5.97 Å². The predicted molar refractivity (Wildman–Crippen MR) is 61.0 cm³/mol. The number of alkyl halides is 1. The van der Waals surface area contributed by atoms with Crippen molar-refractivity contribution in [1.82, 2.24) is 0 Å². The minimum absolute atomic E-state index is 0.235. The van der Waals surface area contributed by atoms with E-state index in [1.165, 1.54) is 7.11 Å². The molecule has 0 bridgehead atoms. The first-order valence-electron chi connectivity index (χ1n) is 4.76. The zero-order chi connectivity index (χ0) is 11.5. The molecule has 0 saturated carbocycles. The molecule has 1 aromatic carbocycles. The molecular weight excluding hydrogens is 212 g/mol. The van der Waals surface area contributed by atoms with E-state index in [1.54, 1.807) is 0 Å². The predicted octanol–water partition coefficient (Wildman–Crippen LogP) is 2.88. The first kappa shape index (κ1) is 12.1. The highest BCUT2D eigenvalue weighted by atomic mass is 35.5. The summed E-state index contributed by atoms with van der Waals surface area (Å²) in [6, 6.07) is 7.67. The van der Waals surface area contributed by atoms with Crippen molar-refractivity contribution in [3.8, 4) is 0 Å². The van der Waals surface area contributed by atoms with Gasteiger partial charge in [0.05, 0.1) is 12.5 Å². The first-order chi connectivity index (χ1) is 7.02. The maximum Gasteiger partial charge on any atom is 0.315 e. The summed E-state index contributed by atoms with van der Waals surface area (Å²) >= 11 is 5.69. The Kier molecular flexibility index (Phi) is 3.75. The van der Waals surface area contributed by atoms with Gasteiger partial charge in [0, 0.05) is 5.88 Å². The second-order valence-corrected chi connectivity index (χ2v) is 4.21. The molecule has 0 radical (unpaired) electrons. The van der Waals surface area contributed by atoms with Gasteiger partial charge in [0.1, 0.15) is 0 Å². The normalized spacial score (nSPS) is 11.2. The van der Waals surface area contributed by atoms with E-state index in [0.717, 1.165) is 11.1 Å². The molecule has 2 nitrogen and oxygen atoms in total. The van der Waals surface area contributed by atoms with Crippen molar-refractivity contribution < 1.29 is 9.53 Å². The molecule has 0 heterocycles. The Morgan fingerprint density at radius 3 is 2.27 bits per heavy atom. The lowest BCUT2D eigenvalue weighted by molar-refractivity contribution is -0.146. The average Bonchev–Trinajstić information content (AvgIpc) is 2.28. The van der Waals surface area contributed by atoms with Gasteiger partial charge < -0.3 is 4.74 Å². The van der Waals surface area contributed by atoms with Crippen LogP contribution in [-0.4, -0.2) is 13.1 Å². The summed E-state index contributed by atoms with van der Waals surface area (Å²) in [7, 11) is 1.40. The molecule has 0 N–H and O–H groups in total. The Labute approximate surface area is 95.2 Å². The Morgan fingerprint density at radius 1 is 1.33 bits per heavy atom. The van der Waals surface area contributed by atoms with Crippen LogP contribution in [0.1, 0.15) is 25.0 Å². The van der Waals surface area contributed by atoms with E-state index in [-0.39, 0.29) is 5.97 Å². The number of carbonyl (C=O) groups excluding carboxylic acids is 1. The molecule has 0 aromatic heterocycles. The molecule has 15 heavy (non-hydrogen) atoms. The summed E-state index contributed by atoms with van der Waals surface area (Å²) in [5.41, 5.74) is 1.36. The lowest BCUT2D eigenvalue weighted by Gasteiger charge is -2.22. The summed E-state index contributed by atoms with van der Waals surface area (Å²) in [6.45, 7) is 3.68. The Morgan fingerprint density at radius 2 is 1.87 bits per heavy atom. The van der Waals surface area contributed by atoms with Crippen LogP contribution in [0.4, 0.5) is 0 Å². The minimum Gasteiger partial charge on any atom is -0.468 e. The van der Waals surface area contributed by atoms with Crippen LogP contribution in [0, 0.1) is 0 Å². The van der Waals surface area contributed by atoms with Crippen LogP contribution < -0.4 is 0 Å². The first-order valence-corrected chi connectivity index (χ1v) is 5.29. The SMILES string of the molecule is COC(=O)C(C)(C)c1ccc(CCl)cc1. The van der Waals surface area contributed by atoms with Gasteiger partial charge in [0.15, 0.2) is 0 Å². The Hall–Kier alpha value is -1.02. The summed E-state index contributed by atoms with van der Waals surface area (Å²) in [5.74, 6) is 0.250. The molecule has 0 atom stereocenters. The van der Waals surface area contributed by atoms with Gasteiger partial charge in [-0.3, -0.25) is 4.79 Å². The topological polar surface area (TPSA) is 26.3 Å². The van der Waals surface area contributed by atoms with E-state index < -0.39 is 5.41 Å². The number of hydrogen-bond acceptors (Lipinski definition) is 2. The fourth-order valence-electron chi connectivity index (χ4n) is 1.38. The zero-order valence-electron chi connectivity index (χ0n) is 9.21. The number of hydrogen-bond donors (Lipinski definition) is 0. The molecule has 1 aromatic rings. The zero-order valence-corrected chi connectivity index (χ0v) is 9.97. The fourth-order valence-corrected chi connectivity index (χ4v) is 1.56. The van der Waals surface area contributed by atoms with Gasteiger partial charge in [0.2, 0.25) is 0 Å². The lowest BCUT2D eigenvalue weighted by Crippen LogP contribution is -2.30. The van der Waals surface area contributed by atoms with Crippen molar-refractivity contribution in [2.45, 2.75) is 25.1 Å².